The van der Waals surface area contributed by atoms with Gasteiger partial charge in [0.15, 0.2) is 17.2 Å². The number of amides is 1. The van der Waals surface area contributed by atoms with Crippen LogP contribution in [0.4, 0.5) is 0 Å². The maximum absolute atomic E-state index is 12.2. The van der Waals surface area contributed by atoms with Gasteiger partial charge in [-0.3, -0.25) is 4.79 Å². The van der Waals surface area contributed by atoms with E-state index in [1.165, 1.54) is 6.08 Å². The molecule has 0 fully saturated rings. The molecule has 1 aliphatic heterocycles. The predicted octanol–water partition coefficient (Wildman–Crippen LogP) is 3.75. The molecule has 1 heterocycles. The molecule has 0 unspecified atom stereocenters. The van der Waals surface area contributed by atoms with E-state index in [4.69, 9.17) is 9.47 Å². The van der Waals surface area contributed by atoms with Crippen molar-refractivity contribution >= 4 is 12.0 Å². The van der Waals surface area contributed by atoms with Crippen LogP contribution < -0.4 is 14.8 Å². The van der Waals surface area contributed by atoms with Crippen molar-refractivity contribution in [2.45, 2.75) is 26.0 Å². The van der Waals surface area contributed by atoms with Gasteiger partial charge in [-0.15, -0.1) is 0 Å². The van der Waals surface area contributed by atoms with Gasteiger partial charge >= 0.3 is 0 Å². The normalized spacial score (nSPS) is 15.6. The second-order valence-electron chi connectivity index (χ2n) is 6.45. The molecule has 1 atom stereocenters. The summed E-state index contributed by atoms with van der Waals surface area (Å²) in [5.41, 5.74) is 1.13. The highest BCUT2D eigenvalue weighted by atomic mass is 16.7. The van der Waals surface area contributed by atoms with Gasteiger partial charge in [0.2, 0.25) is 12.7 Å². The number of carbonyl (C=O) groups is 1. The Hall–Kier alpha value is -3.05. The van der Waals surface area contributed by atoms with Gasteiger partial charge in [-0.1, -0.05) is 55.5 Å². The number of hydrogen-bond donors (Lipinski definition) is 2. The van der Waals surface area contributed by atoms with E-state index in [1.807, 2.05) is 49.4 Å². The Morgan fingerprint density at radius 3 is 2.63 bits per heavy atom. The fourth-order valence-corrected chi connectivity index (χ4v) is 2.78. The van der Waals surface area contributed by atoms with Crippen LogP contribution in [-0.4, -0.2) is 17.8 Å². The van der Waals surface area contributed by atoms with E-state index in [9.17, 15) is 9.90 Å². The topological polar surface area (TPSA) is 67.8 Å². The minimum Gasteiger partial charge on any atom is -0.454 e. The van der Waals surface area contributed by atoms with Gasteiger partial charge < -0.3 is 19.9 Å². The Kier molecular flexibility index (Phi) is 5.62. The molecule has 0 radical (unpaired) electrons. The van der Waals surface area contributed by atoms with Crippen molar-refractivity contribution in [3.63, 3.8) is 0 Å². The van der Waals surface area contributed by atoms with E-state index >= 15 is 0 Å². The first-order valence-corrected chi connectivity index (χ1v) is 8.86. The molecular formula is C22H23NO4. The lowest BCUT2D eigenvalue weighted by Crippen LogP contribution is -2.42. The summed E-state index contributed by atoms with van der Waals surface area (Å²) in [6.07, 6.45) is 5.93. The van der Waals surface area contributed by atoms with Crippen LogP contribution in [0.15, 0.2) is 66.3 Å². The van der Waals surface area contributed by atoms with Gasteiger partial charge in [0.1, 0.15) is 0 Å². The van der Waals surface area contributed by atoms with Crippen molar-refractivity contribution in [3.05, 3.63) is 77.4 Å². The second-order valence-corrected chi connectivity index (χ2v) is 6.45. The molecule has 0 saturated heterocycles. The van der Waals surface area contributed by atoms with Gasteiger partial charge in [0.25, 0.3) is 0 Å². The summed E-state index contributed by atoms with van der Waals surface area (Å²) < 4.78 is 10.7. The lowest BCUT2D eigenvalue weighted by molar-refractivity contribution is -0.123. The quantitative estimate of drug-likeness (QED) is 0.465. The van der Waals surface area contributed by atoms with Gasteiger partial charge in [0.05, 0.1) is 0 Å². The van der Waals surface area contributed by atoms with Crippen LogP contribution in [0.25, 0.3) is 6.08 Å². The molecule has 2 N–H and O–H groups in total. The van der Waals surface area contributed by atoms with Crippen LogP contribution in [-0.2, 0) is 10.5 Å². The molecule has 0 bridgehead atoms. The molecule has 5 nitrogen and oxygen atoms in total. The largest absolute Gasteiger partial charge is 0.454 e. The van der Waals surface area contributed by atoms with Crippen LogP contribution in [0.5, 0.6) is 11.5 Å². The number of nitrogens with one attached hydrogen (secondary N) is 1. The zero-order valence-electron chi connectivity index (χ0n) is 15.4. The highest BCUT2D eigenvalue weighted by molar-refractivity contribution is 5.88. The predicted molar refractivity (Wildman–Crippen MR) is 104 cm³/mol. The standard InChI is InChI=1S/C22H23NO4/c1-3-16(13-17-9-11-19-20(14-17)27-15-26-19)10-12-21(24)23-22(2,25)18-7-5-4-6-8-18/h4-14,25H,3,15H2,1-2H3,(H,23,24)/b12-10+,16-13+/t22-/m0/s1. The zero-order valence-corrected chi connectivity index (χ0v) is 15.4. The van der Waals surface area contributed by atoms with Crippen molar-refractivity contribution in [2.24, 2.45) is 0 Å². The number of carbonyl (C=O) groups excluding carboxylic acids is 1. The molecule has 140 valence electrons. The van der Waals surface area contributed by atoms with Gasteiger partial charge in [0, 0.05) is 11.6 Å². The third kappa shape index (κ3) is 4.77. The van der Waals surface area contributed by atoms with Gasteiger partial charge in [-0.05, 0) is 36.6 Å². The van der Waals surface area contributed by atoms with Crippen molar-refractivity contribution in [3.8, 4) is 11.5 Å². The smallest absolute Gasteiger partial charge is 0.246 e. The molecule has 0 aliphatic carbocycles. The number of benzene rings is 2. The van der Waals surface area contributed by atoms with Crippen molar-refractivity contribution in [1.82, 2.24) is 5.32 Å². The summed E-state index contributed by atoms with van der Waals surface area (Å²) in [6, 6.07) is 14.7. The van der Waals surface area contributed by atoms with E-state index in [2.05, 4.69) is 5.32 Å². The fourth-order valence-electron chi connectivity index (χ4n) is 2.78. The number of allylic oxidation sites excluding steroid dienone is 2. The maximum Gasteiger partial charge on any atom is 0.246 e. The Bertz CT molecular complexity index is 869. The molecule has 2 aromatic rings. The average molecular weight is 365 g/mol. The van der Waals surface area contributed by atoms with E-state index in [-0.39, 0.29) is 12.7 Å². The first-order valence-electron chi connectivity index (χ1n) is 8.86. The molecule has 5 heteroatoms. The van der Waals surface area contributed by atoms with Gasteiger partial charge in [-0.25, -0.2) is 0 Å². The molecule has 0 spiro atoms. The third-order valence-corrected chi connectivity index (χ3v) is 4.31. The van der Waals surface area contributed by atoms with Crippen LogP contribution in [0.2, 0.25) is 0 Å². The van der Waals surface area contributed by atoms with Crippen LogP contribution in [0.1, 0.15) is 31.4 Å². The zero-order chi connectivity index (χ0) is 19.3. The Morgan fingerprint density at radius 2 is 1.89 bits per heavy atom. The molecule has 0 saturated carbocycles. The van der Waals surface area contributed by atoms with E-state index in [1.54, 1.807) is 25.1 Å². The van der Waals surface area contributed by atoms with Gasteiger partial charge in [-0.2, -0.15) is 0 Å². The number of ether oxygens (including phenoxy) is 2. The molecule has 1 amide bonds. The number of fused-ring (bicyclic) bond motifs is 1. The van der Waals surface area contributed by atoms with Crippen LogP contribution >= 0.6 is 0 Å². The Labute approximate surface area is 158 Å². The summed E-state index contributed by atoms with van der Waals surface area (Å²) in [7, 11) is 0. The molecule has 0 aromatic heterocycles. The third-order valence-electron chi connectivity index (χ3n) is 4.31. The van der Waals surface area contributed by atoms with Crippen molar-refractivity contribution in [1.29, 1.82) is 0 Å². The van der Waals surface area contributed by atoms with Crippen molar-refractivity contribution in [2.75, 3.05) is 6.79 Å². The molecule has 2 aromatic carbocycles. The lowest BCUT2D eigenvalue weighted by Gasteiger charge is -2.24. The molecular weight excluding hydrogens is 342 g/mol. The minimum absolute atomic E-state index is 0.241. The number of aliphatic hydroxyl groups is 1. The first kappa shape index (κ1) is 18.7. The van der Waals surface area contributed by atoms with Crippen LogP contribution in [0.3, 0.4) is 0 Å². The molecule has 27 heavy (non-hydrogen) atoms. The summed E-state index contributed by atoms with van der Waals surface area (Å²) in [5, 5.41) is 13.1. The summed E-state index contributed by atoms with van der Waals surface area (Å²) in [6.45, 7) is 3.81. The number of hydrogen-bond acceptors (Lipinski definition) is 4. The highest BCUT2D eigenvalue weighted by Crippen LogP contribution is 2.33. The monoisotopic (exact) mass is 365 g/mol. The fraction of sp³-hybridized carbons (Fsp3) is 0.227. The maximum atomic E-state index is 12.2. The molecule has 3 rings (SSSR count). The first-order chi connectivity index (χ1) is 13.0. The van der Waals surface area contributed by atoms with E-state index in [0.29, 0.717) is 5.56 Å². The summed E-state index contributed by atoms with van der Waals surface area (Å²) in [4.78, 5) is 12.2. The number of rotatable bonds is 6. The summed E-state index contributed by atoms with van der Waals surface area (Å²) in [5.74, 6) is 1.09. The van der Waals surface area contributed by atoms with Crippen molar-refractivity contribution < 1.29 is 19.4 Å². The van der Waals surface area contributed by atoms with Crippen LogP contribution in [0, 0.1) is 0 Å². The lowest BCUT2D eigenvalue weighted by atomic mass is 10.0. The summed E-state index contributed by atoms with van der Waals surface area (Å²) >= 11 is 0. The van der Waals surface area contributed by atoms with E-state index < -0.39 is 5.72 Å². The molecule has 1 aliphatic rings. The highest BCUT2D eigenvalue weighted by Gasteiger charge is 2.23. The Morgan fingerprint density at radius 1 is 1.15 bits per heavy atom. The van der Waals surface area contributed by atoms with E-state index in [0.717, 1.165) is 29.1 Å². The Balaban J connectivity index is 1.68. The SMILES string of the molecule is CCC(/C=C/C(=O)N[C@@](C)(O)c1ccccc1)=C\c1ccc2c(c1)OCO2. The minimum atomic E-state index is -1.43. The second kappa shape index (κ2) is 8.10. The average Bonchev–Trinajstić information content (AvgIpc) is 3.13.